The molecule has 2 aromatic rings. The Labute approximate surface area is 145 Å². The predicted molar refractivity (Wildman–Crippen MR) is 93.1 cm³/mol. The summed E-state index contributed by atoms with van der Waals surface area (Å²) in [5, 5.41) is 2.47. The molecule has 0 radical (unpaired) electrons. The Balaban J connectivity index is 2.12. The second-order valence-electron chi connectivity index (χ2n) is 5.37. The minimum Gasteiger partial charge on any atom is -0.383 e. The van der Waals surface area contributed by atoms with Crippen molar-refractivity contribution < 1.29 is 17.9 Å². The van der Waals surface area contributed by atoms with Gasteiger partial charge < -0.3 is 15.0 Å². The summed E-state index contributed by atoms with van der Waals surface area (Å²) in [6, 6.07) is 8.07. The number of rotatable bonds is 7. The molecular formula is C16H19N3O5S. The van der Waals surface area contributed by atoms with Gasteiger partial charge in [-0.1, -0.05) is 0 Å². The van der Waals surface area contributed by atoms with Crippen molar-refractivity contribution in [3.63, 3.8) is 0 Å². The number of hydrogen-bond donors (Lipinski definition) is 3. The summed E-state index contributed by atoms with van der Waals surface area (Å²) in [6.07, 6.45) is 1.45. The highest BCUT2D eigenvalue weighted by Gasteiger charge is 2.18. The number of ether oxygens (including phenoxy) is 1. The predicted octanol–water partition coefficient (Wildman–Crippen LogP) is 0.940. The van der Waals surface area contributed by atoms with E-state index in [1.54, 1.807) is 13.0 Å². The molecule has 25 heavy (non-hydrogen) atoms. The molecule has 134 valence electrons. The zero-order valence-corrected chi connectivity index (χ0v) is 14.6. The smallest absolute Gasteiger partial charge is 0.271 e. The quantitative estimate of drug-likeness (QED) is 0.675. The van der Waals surface area contributed by atoms with Gasteiger partial charge in [0.2, 0.25) is 10.0 Å². The first-order chi connectivity index (χ1) is 11.8. The number of aromatic nitrogens is 1. The fourth-order valence-corrected chi connectivity index (χ4v) is 3.35. The number of benzene rings is 1. The Bertz CT molecular complexity index is 890. The maximum Gasteiger partial charge on any atom is 0.271 e. The van der Waals surface area contributed by atoms with Crippen LogP contribution in [0.25, 0.3) is 0 Å². The molecule has 0 aliphatic carbocycles. The Morgan fingerprint density at radius 2 is 1.92 bits per heavy atom. The summed E-state index contributed by atoms with van der Waals surface area (Å²) < 4.78 is 31.8. The van der Waals surface area contributed by atoms with E-state index in [2.05, 4.69) is 15.0 Å². The highest BCUT2D eigenvalue weighted by molar-refractivity contribution is 7.89. The van der Waals surface area contributed by atoms with Crippen LogP contribution in [-0.2, 0) is 14.8 Å². The van der Waals surface area contributed by atoms with Crippen molar-refractivity contribution in [1.82, 2.24) is 9.71 Å². The highest BCUT2D eigenvalue weighted by atomic mass is 32.2. The molecule has 1 aromatic heterocycles. The summed E-state index contributed by atoms with van der Waals surface area (Å²) in [7, 11) is -2.22. The van der Waals surface area contributed by atoms with Crippen molar-refractivity contribution in [2.45, 2.75) is 17.9 Å². The van der Waals surface area contributed by atoms with Gasteiger partial charge in [-0.15, -0.1) is 0 Å². The standard InChI is InChI=1S/C16H19N3O5S/c1-11(10-24-2)19-25(22,23)13-7-5-12(6-8-13)15(20)18-14-4-3-9-17-16(14)21/h3-9,11,19H,10H2,1-2H3,(H,17,21)(H,18,20)/t11-/m1/s1. The molecule has 0 aliphatic heterocycles. The third kappa shape index (κ3) is 4.99. The van der Waals surface area contributed by atoms with Crippen molar-refractivity contribution in [3.05, 3.63) is 58.5 Å². The molecule has 1 amide bonds. The van der Waals surface area contributed by atoms with E-state index in [0.717, 1.165) is 0 Å². The molecular weight excluding hydrogens is 346 g/mol. The molecule has 0 bridgehead atoms. The van der Waals surface area contributed by atoms with Crippen LogP contribution in [0, 0.1) is 0 Å². The van der Waals surface area contributed by atoms with Crippen molar-refractivity contribution in [2.75, 3.05) is 19.0 Å². The normalized spacial score (nSPS) is 12.6. The lowest BCUT2D eigenvalue weighted by Crippen LogP contribution is -2.35. The molecule has 8 nitrogen and oxygen atoms in total. The van der Waals surface area contributed by atoms with Crippen molar-refractivity contribution in [3.8, 4) is 0 Å². The monoisotopic (exact) mass is 365 g/mol. The topological polar surface area (TPSA) is 117 Å². The summed E-state index contributed by atoms with van der Waals surface area (Å²) in [4.78, 5) is 26.2. The molecule has 0 unspecified atom stereocenters. The van der Waals surface area contributed by atoms with Gasteiger partial charge in [0, 0.05) is 24.9 Å². The van der Waals surface area contributed by atoms with Crippen LogP contribution in [0.3, 0.4) is 0 Å². The second kappa shape index (κ2) is 8.06. The number of anilines is 1. The number of hydrogen-bond acceptors (Lipinski definition) is 5. The largest absolute Gasteiger partial charge is 0.383 e. The first-order valence-electron chi connectivity index (χ1n) is 7.44. The number of carbonyl (C=O) groups is 1. The van der Waals surface area contributed by atoms with Gasteiger partial charge in [0.25, 0.3) is 11.5 Å². The third-order valence-corrected chi connectivity index (χ3v) is 4.87. The van der Waals surface area contributed by atoms with Crippen LogP contribution in [0.5, 0.6) is 0 Å². The van der Waals surface area contributed by atoms with Gasteiger partial charge in [-0.2, -0.15) is 0 Å². The zero-order chi connectivity index (χ0) is 18.4. The molecule has 9 heteroatoms. The van der Waals surface area contributed by atoms with Gasteiger partial charge in [-0.3, -0.25) is 9.59 Å². The van der Waals surface area contributed by atoms with Crippen LogP contribution >= 0.6 is 0 Å². The fraction of sp³-hybridized carbons (Fsp3) is 0.250. The molecule has 0 spiro atoms. The molecule has 2 rings (SSSR count). The van der Waals surface area contributed by atoms with E-state index in [9.17, 15) is 18.0 Å². The third-order valence-electron chi connectivity index (χ3n) is 3.27. The molecule has 1 aromatic carbocycles. The van der Waals surface area contributed by atoms with E-state index in [-0.39, 0.29) is 28.8 Å². The maximum atomic E-state index is 12.2. The van der Waals surface area contributed by atoms with E-state index >= 15 is 0 Å². The van der Waals surface area contributed by atoms with Gasteiger partial charge in [0.05, 0.1) is 11.5 Å². The van der Waals surface area contributed by atoms with Gasteiger partial charge in [0.1, 0.15) is 5.69 Å². The first kappa shape index (κ1) is 18.8. The lowest BCUT2D eigenvalue weighted by atomic mass is 10.2. The van der Waals surface area contributed by atoms with Crippen molar-refractivity contribution in [1.29, 1.82) is 0 Å². The number of H-pyrrole nitrogens is 1. The van der Waals surface area contributed by atoms with E-state index in [1.807, 2.05) is 0 Å². The van der Waals surface area contributed by atoms with Crippen LogP contribution in [0.4, 0.5) is 5.69 Å². The van der Waals surface area contributed by atoms with Gasteiger partial charge in [-0.05, 0) is 43.3 Å². The van der Waals surface area contributed by atoms with E-state index in [0.29, 0.717) is 0 Å². The fourth-order valence-electron chi connectivity index (χ4n) is 2.12. The Morgan fingerprint density at radius 1 is 1.24 bits per heavy atom. The average Bonchev–Trinajstić information content (AvgIpc) is 2.57. The van der Waals surface area contributed by atoms with Crippen LogP contribution in [0.2, 0.25) is 0 Å². The Morgan fingerprint density at radius 3 is 2.52 bits per heavy atom. The molecule has 1 atom stereocenters. The van der Waals surface area contributed by atoms with E-state index < -0.39 is 21.5 Å². The van der Waals surface area contributed by atoms with Crippen LogP contribution in [0.15, 0.2) is 52.3 Å². The summed E-state index contributed by atoms with van der Waals surface area (Å²) in [6.45, 7) is 1.92. The maximum absolute atomic E-state index is 12.2. The minimum atomic E-state index is -3.71. The Kier molecular flexibility index (Phi) is 6.07. The molecule has 1 heterocycles. The molecule has 0 fully saturated rings. The zero-order valence-electron chi connectivity index (χ0n) is 13.8. The average molecular weight is 365 g/mol. The summed E-state index contributed by atoms with van der Waals surface area (Å²) >= 11 is 0. The number of carbonyl (C=O) groups excluding carboxylic acids is 1. The van der Waals surface area contributed by atoms with E-state index in [1.165, 1.54) is 43.6 Å². The molecule has 0 saturated heterocycles. The van der Waals surface area contributed by atoms with Crippen LogP contribution in [0.1, 0.15) is 17.3 Å². The molecule has 3 N–H and O–H groups in total. The number of aromatic amines is 1. The Hall–Kier alpha value is -2.49. The summed E-state index contributed by atoms with van der Waals surface area (Å²) in [5.74, 6) is -0.513. The first-order valence-corrected chi connectivity index (χ1v) is 8.92. The van der Waals surface area contributed by atoms with Crippen molar-refractivity contribution >= 4 is 21.6 Å². The second-order valence-corrected chi connectivity index (χ2v) is 7.08. The lowest BCUT2D eigenvalue weighted by Gasteiger charge is -2.13. The van der Waals surface area contributed by atoms with Gasteiger partial charge >= 0.3 is 0 Å². The number of amides is 1. The molecule has 0 aliphatic rings. The van der Waals surface area contributed by atoms with E-state index in [4.69, 9.17) is 4.74 Å². The van der Waals surface area contributed by atoms with Crippen LogP contribution < -0.4 is 15.6 Å². The SMILES string of the molecule is COC[C@@H](C)NS(=O)(=O)c1ccc(C(=O)Nc2ccc[nH]c2=O)cc1. The summed E-state index contributed by atoms with van der Waals surface area (Å²) in [5.41, 5.74) is -0.0854. The molecule has 0 saturated carbocycles. The number of nitrogens with one attached hydrogen (secondary N) is 3. The number of sulfonamides is 1. The van der Waals surface area contributed by atoms with Crippen molar-refractivity contribution in [2.24, 2.45) is 0 Å². The van der Waals surface area contributed by atoms with Crippen LogP contribution in [-0.4, -0.2) is 39.1 Å². The number of methoxy groups -OCH3 is 1. The highest BCUT2D eigenvalue weighted by Crippen LogP contribution is 2.12. The number of pyridine rings is 1. The minimum absolute atomic E-state index is 0.0320. The van der Waals surface area contributed by atoms with Gasteiger partial charge in [-0.25, -0.2) is 13.1 Å². The lowest BCUT2D eigenvalue weighted by molar-refractivity contribution is 0.102. The van der Waals surface area contributed by atoms with Gasteiger partial charge in [0.15, 0.2) is 0 Å².